The number of hydrogen-bond acceptors (Lipinski definition) is 3. The summed E-state index contributed by atoms with van der Waals surface area (Å²) < 4.78 is 5.23. The molecule has 1 N–H and O–H groups in total. The fourth-order valence-corrected chi connectivity index (χ4v) is 2.39. The summed E-state index contributed by atoms with van der Waals surface area (Å²) in [6, 6.07) is 0.917. The molecule has 1 fully saturated rings. The Bertz CT molecular complexity index is 452. The van der Waals surface area contributed by atoms with E-state index in [0.717, 1.165) is 12.8 Å². The number of carbonyl (C=O) groups is 2. The quantitative estimate of drug-likeness (QED) is 0.891. The highest BCUT2D eigenvalue weighted by Crippen LogP contribution is 2.22. The largest absolute Gasteiger partial charge is 0.480 e. The number of aliphatic carboxylic acids is 1. The zero-order valence-corrected chi connectivity index (χ0v) is 10.4. The maximum absolute atomic E-state index is 12.4. The van der Waals surface area contributed by atoms with E-state index in [4.69, 9.17) is 9.52 Å². The summed E-state index contributed by atoms with van der Waals surface area (Å²) in [6.45, 7) is 2.41. The molecule has 0 saturated carbocycles. The summed E-state index contributed by atoms with van der Waals surface area (Å²) in [5.41, 5.74) is 0.491. The van der Waals surface area contributed by atoms with Crippen LogP contribution in [0.5, 0.6) is 0 Å². The highest BCUT2D eigenvalue weighted by molar-refractivity contribution is 5.97. The number of rotatable bonds is 3. The van der Waals surface area contributed by atoms with Crippen molar-refractivity contribution < 1.29 is 19.1 Å². The molecule has 1 aliphatic heterocycles. The molecule has 1 saturated heterocycles. The topological polar surface area (TPSA) is 70.8 Å². The van der Waals surface area contributed by atoms with E-state index >= 15 is 0 Å². The van der Waals surface area contributed by atoms with Crippen LogP contribution < -0.4 is 0 Å². The molecule has 1 amide bonds. The van der Waals surface area contributed by atoms with Crippen molar-refractivity contribution in [2.45, 2.75) is 38.6 Å². The zero-order chi connectivity index (χ0) is 13.1. The minimum atomic E-state index is -0.926. The normalized spacial score (nSPS) is 19.8. The van der Waals surface area contributed by atoms with Gasteiger partial charge in [-0.2, -0.15) is 0 Å². The molecule has 0 aliphatic carbocycles. The molecule has 0 unspecified atom stereocenters. The van der Waals surface area contributed by atoms with Gasteiger partial charge in [-0.3, -0.25) is 4.79 Å². The van der Waals surface area contributed by atoms with Crippen molar-refractivity contribution in [1.29, 1.82) is 0 Å². The minimum Gasteiger partial charge on any atom is -0.480 e. The maximum atomic E-state index is 12.4. The van der Waals surface area contributed by atoms with Crippen molar-refractivity contribution in [3.63, 3.8) is 0 Å². The molecular weight excluding hydrogens is 234 g/mol. The molecule has 0 spiro atoms. The van der Waals surface area contributed by atoms with Crippen molar-refractivity contribution in [1.82, 2.24) is 4.90 Å². The lowest BCUT2D eigenvalue weighted by Gasteiger charge is -2.32. The van der Waals surface area contributed by atoms with Crippen molar-refractivity contribution in [3.05, 3.63) is 23.7 Å². The van der Waals surface area contributed by atoms with Crippen molar-refractivity contribution in [2.75, 3.05) is 6.54 Å². The van der Waals surface area contributed by atoms with Crippen LogP contribution in [0.4, 0.5) is 0 Å². The number of carboxylic acids is 1. The molecule has 2 heterocycles. The van der Waals surface area contributed by atoms with Crippen LogP contribution in [-0.2, 0) is 11.2 Å². The second-order valence-corrected chi connectivity index (χ2v) is 4.46. The predicted molar refractivity (Wildman–Crippen MR) is 64.4 cm³/mol. The van der Waals surface area contributed by atoms with Gasteiger partial charge in [0.2, 0.25) is 0 Å². The molecule has 1 aliphatic rings. The van der Waals surface area contributed by atoms with Gasteiger partial charge in [0.25, 0.3) is 5.91 Å². The van der Waals surface area contributed by atoms with E-state index < -0.39 is 12.0 Å². The predicted octanol–water partition coefficient (Wildman–Crippen LogP) is 1.92. The van der Waals surface area contributed by atoms with Gasteiger partial charge < -0.3 is 14.4 Å². The number of piperidine rings is 1. The van der Waals surface area contributed by atoms with Gasteiger partial charge in [-0.25, -0.2) is 4.79 Å². The van der Waals surface area contributed by atoms with Gasteiger partial charge in [0.05, 0.1) is 11.8 Å². The zero-order valence-electron chi connectivity index (χ0n) is 10.4. The molecule has 0 radical (unpaired) electrons. The van der Waals surface area contributed by atoms with E-state index in [1.165, 1.54) is 11.2 Å². The molecule has 5 heteroatoms. The Kier molecular flexibility index (Phi) is 3.69. The first-order chi connectivity index (χ1) is 8.65. The summed E-state index contributed by atoms with van der Waals surface area (Å²) in [6.07, 6.45) is 4.34. The Morgan fingerprint density at radius 2 is 2.28 bits per heavy atom. The monoisotopic (exact) mass is 251 g/mol. The smallest absolute Gasteiger partial charge is 0.326 e. The third-order valence-electron chi connectivity index (χ3n) is 3.35. The lowest BCUT2D eigenvalue weighted by molar-refractivity contribution is -0.143. The van der Waals surface area contributed by atoms with Gasteiger partial charge in [0.15, 0.2) is 0 Å². The number of carboxylic acid groups (broad SMARTS) is 1. The van der Waals surface area contributed by atoms with Crippen molar-refractivity contribution in [2.24, 2.45) is 0 Å². The van der Waals surface area contributed by atoms with Crippen LogP contribution in [0.15, 0.2) is 16.7 Å². The summed E-state index contributed by atoms with van der Waals surface area (Å²) in [5.74, 6) is -0.535. The maximum Gasteiger partial charge on any atom is 0.326 e. The van der Waals surface area contributed by atoms with Crippen molar-refractivity contribution >= 4 is 11.9 Å². The van der Waals surface area contributed by atoms with Gasteiger partial charge in [0, 0.05) is 13.0 Å². The second kappa shape index (κ2) is 5.25. The Balaban J connectivity index is 2.23. The summed E-state index contributed by atoms with van der Waals surface area (Å²) in [7, 11) is 0. The molecule has 0 bridgehead atoms. The fraction of sp³-hybridized carbons (Fsp3) is 0.538. The first kappa shape index (κ1) is 12.7. The van der Waals surface area contributed by atoms with Gasteiger partial charge in [-0.15, -0.1) is 0 Å². The molecule has 1 atom stereocenters. The number of carbonyl (C=O) groups excluding carboxylic acids is 1. The van der Waals surface area contributed by atoms with E-state index in [1.54, 1.807) is 6.07 Å². The van der Waals surface area contributed by atoms with Crippen LogP contribution in [0.2, 0.25) is 0 Å². The molecule has 18 heavy (non-hydrogen) atoms. The molecule has 1 aromatic rings. The van der Waals surface area contributed by atoms with Crippen LogP contribution in [0.25, 0.3) is 0 Å². The summed E-state index contributed by atoms with van der Waals surface area (Å²) in [5, 5.41) is 9.16. The number of nitrogens with zero attached hydrogens (tertiary/aromatic N) is 1. The standard InChI is InChI=1S/C13H17NO4/c1-2-11-9(6-8-18-11)12(15)14-7-4-3-5-10(14)13(16)17/h6,8,10H,2-5,7H2,1H3,(H,16,17)/t10-/m0/s1. The van der Waals surface area contributed by atoms with Gasteiger partial charge in [-0.05, 0) is 25.3 Å². The molecule has 98 valence electrons. The summed E-state index contributed by atoms with van der Waals surface area (Å²) >= 11 is 0. The highest BCUT2D eigenvalue weighted by atomic mass is 16.4. The number of likely N-dealkylation sites (tertiary alicyclic amines) is 1. The Morgan fingerprint density at radius 1 is 1.50 bits per heavy atom. The third kappa shape index (κ3) is 2.25. The molecule has 1 aromatic heterocycles. The van der Waals surface area contributed by atoms with Gasteiger partial charge >= 0.3 is 5.97 Å². The van der Waals surface area contributed by atoms with Crippen LogP contribution in [0.3, 0.4) is 0 Å². The Morgan fingerprint density at radius 3 is 2.94 bits per heavy atom. The average molecular weight is 251 g/mol. The van der Waals surface area contributed by atoms with E-state index in [1.807, 2.05) is 6.92 Å². The molecule has 5 nitrogen and oxygen atoms in total. The fourth-order valence-electron chi connectivity index (χ4n) is 2.39. The minimum absolute atomic E-state index is 0.229. The highest BCUT2D eigenvalue weighted by Gasteiger charge is 2.33. The number of aryl methyl sites for hydroxylation is 1. The molecule has 0 aromatic carbocycles. The summed E-state index contributed by atoms with van der Waals surface area (Å²) in [4.78, 5) is 25.0. The SMILES string of the molecule is CCc1occc1C(=O)N1CCCC[C@H]1C(=O)O. The van der Waals surface area contributed by atoms with Crippen LogP contribution in [-0.4, -0.2) is 34.5 Å². The van der Waals surface area contributed by atoms with Gasteiger partial charge in [0.1, 0.15) is 11.8 Å². The lowest BCUT2D eigenvalue weighted by atomic mass is 10.0. The van der Waals surface area contributed by atoms with Crippen molar-refractivity contribution in [3.8, 4) is 0 Å². The van der Waals surface area contributed by atoms with Gasteiger partial charge in [-0.1, -0.05) is 6.92 Å². The van der Waals surface area contributed by atoms with E-state index in [0.29, 0.717) is 30.7 Å². The third-order valence-corrected chi connectivity index (χ3v) is 3.35. The van der Waals surface area contributed by atoms with Crippen LogP contribution in [0.1, 0.15) is 42.3 Å². The number of hydrogen-bond donors (Lipinski definition) is 1. The number of amides is 1. The molecular formula is C13H17NO4. The molecule has 2 rings (SSSR count). The first-order valence-electron chi connectivity index (χ1n) is 6.25. The van der Waals surface area contributed by atoms with E-state index in [-0.39, 0.29) is 5.91 Å². The van der Waals surface area contributed by atoms with Crippen LogP contribution in [0, 0.1) is 0 Å². The Hall–Kier alpha value is -1.78. The van der Waals surface area contributed by atoms with Crippen LogP contribution >= 0.6 is 0 Å². The number of furan rings is 1. The first-order valence-corrected chi connectivity index (χ1v) is 6.25. The lowest BCUT2D eigenvalue weighted by Crippen LogP contribution is -2.48. The van der Waals surface area contributed by atoms with E-state index in [2.05, 4.69) is 0 Å². The van der Waals surface area contributed by atoms with E-state index in [9.17, 15) is 9.59 Å². The Labute approximate surface area is 105 Å². The average Bonchev–Trinajstić information content (AvgIpc) is 2.86. The second-order valence-electron chi connectivity index (χ2n) is 4.46.